The molecule has 0 heterocycles. The Kier molecular flexibility index (Phi) is 5.42. The second-order valence-electron chi connectivity index (χ2n) is 5.03. The van der Waals surface area contributed by atoms with E-state index in [0.717, 1.165) is 0 Å². The third kappa shape index (κ3) is 5.02. The zero-order valence-electron chi connectivity index (χ0n) is 12.0. The smallest absolute Gasteiger partial charge is 0.255 e. The van der Waals surface area contributed by atoms with E-state index in [0.29, 0.717) is 16.3 Å². The molecule has 1 amide bonds. The molecule has 1 N–H and O–H groups in total. The highest BCUT2D eigenvalue weighted by molar-refractivity contribution is 7.90. The molecule has 0 radical (unpaired) electrons. The first-order valence-electron chi connectivity index (χ1n) is 6.05. The van der Waals surface area contributed by atoms with Crippen LogP contribution in [-0.4, -0.2) is 51.4 Å². The first-order valence-corrected chi connectivity index (χ1v) is 8.49. The van der Waals surface area contributed by atoms with E-state index >= 15 is 0 Å². The van der Waals surface area contributed by atoms with Gasteiger partial charge in [-0.05, 0) is 25.1 Å². The van der Waals surface area contributed by atoms with E-state index in [9.17, 15) is 13.2 Å². The zero-order chi connectivity index (χ0) is 15.5. The summed E-state index contributed by atoms with van der Waals surface area (Å²) in [5.41, 5.74) is 0.993. The Morgan fingerprint density at radius 1 is 1.40 bits per heavy atom. The van der Waals surface area contributed by atoms with E-state index in [1.165, 1.54) is 11.2 Å². The van der Waals surface area contributed by atoms with E-state index < -0.39 is 9.84 Å². The van der Waals surface area contributed by atoms with Gasteiger partial charge in [0.1, 0.15) is 9.84 Å². The third-order valence-corrected chi connectivity index (χ3v) is 3.91. The van der Waals surface area contributed by atoms with Crippen molar-refractivity contribution in [3.8, 4) is 0 Å². The summed E-state index contributed by atoms with van der Waals surface area (Å²) < 4.78 is 22.6. The zero-order valence-corrected chi connectivity index (χ0v) is 13.5. The lowest BCUT2D eigenvalue weighted by Gasteiger charge is -2.19. The van der Waals surface area contributed by atoms with Gasteiger partial charge in [0.2, 0.25) is 0 Å². The van der Waals surface area contributed by atoms with Crippen LogP contribution in [0, 0.1) is 0 Å². The number of halogens is 1. The first kappa shape index (κ1) is 16.8. The first-order chi connectivity index (χ1) is 9.10. The molecule has 1 aromatic rings. The number of anilines is 1. The molecule has 0 aliphatic rings. The molecule has 0 aliphatic carbocycles. The number of carbonyl (C=O) groups excluding carboxylic acids is 1. The minimum absolute atomic E-state index is 0.0187. The van der Waals surface area contributed by atoms with Gasteiger partial charge in [-0.3, -0.25) is 4.79 Å². The van der Waals surface area contributed by atoms with Crippen molar-refractivity contribution in [3.63, 3.8) is 0 Å². The standard InChI is InChI=1S/C13H19ClN2O3S/c1-9(8-20(4,18)19)15-12-7-10(14)5-6-11(12)13(17)16(2)3/h5-7,9,15H,8H2,1-4H3. The molecule has 0 fully saturated rings. The summed E-state index contributed by atoms with van der Waals surface area (Å²) in [5, 5.41) is 3.51. The number of rotatable bonds is 5. The predicted molar refractivity (Wildman–Crippen MR) is 82.3 cm³/mol. The van der Waals surface area contributed by atoms with Crippen molar-refractivity contribution in [2.24, 2.45) is 0 Å². The number of benzene rings is 1. The molecule has 1 aromatic carbocycles. The molecule has 0 bridgehead atoms. The molecular formula is C13H19ClN2O3S. The highest BCUT2D eigenvalue weighted by Crippen LogP contribution is 2.23. The molecule has 0 aromatic heterocycles. The summed E-state index contributed by atoms with van der Waals surface area (Å²) in [5.74, 6) is -0.189. The lowest BCUT2D eigenvalue weighted by atomic mass is 10.1. The Labute approximate surface area is 124 Å². The monoisotopic (exact) mass is 318 g/mol. The number of nitrogens with zero attached hydrogens (tertiary/aromatic N) is 1. The number of hydrogen-bond acceptors (Lipinski definition) is 4. The molecule has 0 saturated heterocycles. The Hall–Kier alpha value is -1.27. The van der Waals surface area contributed by atoms with Crippen LogP contribution in [0.2, 0.25) is 5.02 Å². The van der Waals surface area contributed by atoms with E-state index in [4.69, 9.17) is 11.6 Å². The van der Waals surface area contributed by atoms with E-state index in [-0.39, 0.29) is 17.7 Å². The van der Waals surface area contributed by atoms with Crippen LogP contribution < -0.4 is 5.32 Å². The lowest BCUT2D eigenvalue weighted by molar-refractivity contribution is 0.0828. The summed E-state index contributed by atoms with van der Waals surface area (Å²) in [6, 6.07) is 4.55. The lowest BCUT2D eigenvalue weighted by Crippen LogP contribution is -2.28. The number of hydrogen-bond donors (Lipinski definition) is 1. The summed E-state index contributed by atoms with van der Waals surface area (Å²) in [6.45, 7) is 1.74. The molecule has 112 valence electrons. The van der Waals surface area contributed by atoms with Crippen LogP contribution in [0.4, 0.5) is 5.69 Å². The van der Waals surface area contributed by atoms with Crippen LogP contribution in [0.1, 0.15) is 17.3 Å². The van der Waals surface area contributed by atoms with Crippen LogP contribution in [-0.2, 0) is 9.84 Å². The molecule has 0 spiro atoms. The molecule has 5 nitrogen and oxygen atoms in total. The Bertz CT molecular complexity index is 600. The van der Waals surface area contributed by atoms with E-state index in [1.54, 1.807) is 39.2 Å². The predicted octanol–water partition coefficient (Wildman–Crippen LogP) is 1.89. The van der Waals surface area contributed by atoms with Gasteiger partial charge in [0.15, 0.2) is 0 Å². The Morgan fingerprint density at radius 3 is 2.50 bits per heavy atom. The van der Waals surface area contributed by atoms with Gasteiger partial charge in [0, 0.05) is 37.1 Å². The van der Waals surface area contributed by atoms with Crippen molar-refractivity contribution in [1.82, 2.24) is 4.90 Å². The molecule has 1 rings (SSSR count). The number of nitrogens with one attached hydrogen (secondary N) is 1. The Morgan fingerprint density at radius 2 is 2.00 bits per heavy atom. The van der Waals surface area contributed by atoms with Crippen molar-refractivity contribution >= 4 is 33.0 Å². The number of amides is 1. The summed E-state index contributed by atoms with van der Waals surface area (Å²) in [6.07, 6.45) is 1.18. The third-order valence-electron chi connectivity index (χ3n) is 2.57. The normalized spacial score (nSPS) is 12.8. The molecule has 1 atom stereocenters. The van der Waals surface area contributed by atoms with Crippen molar-refractivity contribution in [2.75, 3.05) is 31.4 Å². The Balaban J connectivity index is 3.04. The fourth-order valence-electron chi connectivity index (χ4n) is 1.82. The van der Waals surface area contributed by atoms with Crippen LogP contribution in [0.15, 0.2) is 18.2 Å². The largest absolute Gasteiger partial charge is 0.381 e. The fraction of sp³-hybridized carbons (Fsp3) is 0.462. The molecule has 1 unspecified atom stereocenters. The number of carbonyl (C=O) groups is 1. The van der Waals surface area contributed by atoms with Crippen molar-refractivity contribution in [1.29, 1.82) is 0 Å². The van der Waals surface area contributed by atoms with Gasteiger partial charge in [-0.2, -0.15) is 0 Å². The minimum atomic E-state index is -3.09. The van der Waals surface area contributed by atoms with Gasteiger partial charge in [0.05, 0.1) is 11.3 Å². The summed E-state index contributed by atoms with van der Waals surface area (Å²) in [7, 11) is 0.213. The van der Waals surface area contributed by atoms with Crippen LogP contribution in [0.25, 0.3) is 0 Å². The maximum absolute atomic E-state index is 12.1. The van der Waals surface area contributed by atoms with Crippen LogP contribution in [0.5, 0.6) is 0 Å². The maximum atomic E-state index is 12.1. The van der Waals surface area contributed by atoms with Crippen molar-refractivity contribution < 1.29 is 13.2 Å². The SMILES string of the molecule is CC(CS(C)(=O)=O)Nc1cc(Cl)ccc1C(=O)N(C)C. The molecule has 20 heavy (non-hydrogen) atoms. The van der Waals surface area contributed by atoms with Gasteiger partial charge >= 0.3 is 0 Å². The summed E-state index contributed by atoms with van der Waals surface area (Å²) in [4.78, 5) is 13.5. The average molecular weight is 319 g/mol. The quantitative estimate of drug-likeness (QED) is 0.900. The van der Waals surface area contributed by atoms with Crippen LogP contribution in [0.3, 0.4) is 0 Å². The molecular weight excluding hydrogens is 300 g/mol. The van der Waals surface area contributed by atoms with E-state index in [1.807, 2.05) is 0 Å². The van der Waals surface area contributed by atoms with E-state index in [2.05, 4.69) is 5.32 Å². The second kappa shape index (κ2) is 6.45. The van der Waals surface area contributed by atoms with Gasteiger partial charge < -0.3 is 10.2 Å². The molecule has 0 saturated carbocycles. The van der Waals surface area contributed by atoms with Crippen molar-refractivity contribution in [2.45, 2.75) is 13.0 Å². The highest BCUT2D eigenvalue weighted by atomic mass is 35.5. The topological polar surface area (TPSA) is 66.5 Å². The van der Waals surface area contributed by atoms with Gasteiger partial charge in [-0.15, -0.1) is 0 Å². The minimum Gasteiger partial charge on any atom is -0.381 e. The van der Waals surface area contributed by atoms with Gasteiger partial charge in [-0.1, -0.05) is 11.6 Å². The maximum Gasteiger partial charge on any atom is 0.255 e. The average Bonchev–Trinajstić information content (AvgIpc) is 2.25. The second-order valence-corrected chi connectivity index (χ2v) is 7.65. The van der Waals surface area contributed by atoms with Gasteiger partial charge in [0.25, 0.3) is 5.91 Å². The van der Waals surface area contributed by atoms with Gasteiger partial charge in [-0.25, -0.2) is 8.42 Å². The highest BCUT2D eigenvalue weighted by Gasteiger charge is 2.17. The number of sulfone groups is 1. The molecule has 7 heteroatoms. The van der Waals surface area contributed by atoms with Crippen molar-refractivity contribution in [3.05, 3.63) is 28.8 Å². The summed E-state index contributed by atoms with van der Waals surface area (Å²) >= 11 is 5.93. The fourth-order valence-corrected chi connectivity index (χ4v) is 2.99. The molecule has 0 aliphatic heterocycles. The van der Waals surface area contributed by atoms with Crippen LogP contribution >= 0.6 is 11.6 Å².